The van der Waals surface area contributed by atoms with Crippen LogP contribution in [0.15, 0.2) is 66.0 Å². The molecule has 1 aliphatic rings. The number of hydrogen-bond acceptors (Lipinski definition) is 9. The van der Waals surface area contributed by atoms with Crippen LogP contribution in [0.3, 0.4) is 0 Å². The molecule has 0 radical (unpaired) electrons. The van der Waals surface area contributed by atoms with E-state index in [1.807, 2.05) is 48.5 Å². The van der Waals surface area contributed by atoms with Crippen LogP contribution in [0.2, 0.25) is 0 Å². The summed E-state index contributed by atoms with van der Waals surface area (Å²) < 4.78 is 6.55. The molecule has 0 amide bonds. The van der Waals surface area contributed by atoms with Crippen molar-refractivity contribution in [2.24, 2.45) is 0 Å². The third-order valence-corrected chi connectivity index (χ3v) is 5.35. The molecule has 0 unspecified atom stereocenters. The van der Waals surface area contributed by atoms with E-state index in [1.54, 1.807) is 49.0 Å². The van der Waals surface area contributed by atoms with Crippen molar-refractivity contribution < 1.29 is 14.3 Å². The van der Waals surface area contributed by atoms with E-state index in [4.69, 9.17) is 4.74 Å². The Morgan fingerprint density at radius 2 is 1.65 bits per heavy atom. The molecular formula is C24H21N7O3. The third-order valence-electron chi connectivity index (χ3n) is 5.35. The largest absolute Gasteiger partial charge is 0.453 e. The molecule has 1 aromatic heterocycles. The Kier molecular flexibility index (Phi) is 6.18. The second-order valence-electron chi connectivity index (χ2n) is 7.49. The molecule has 0 saturated carbocycles. The van der Waals surface area contributed by atoms with Crippen LogP contribution in [0.25, 0.3) is 11.8 Å². The van der Waals surface area contributed by atoms with Gasteiger partial charge in [0.1, 0.15) is 17.5 Å². The number of esters is 1. The molecule has 3 aromatic rings. The number of tetrazole rings is 1. The molecule has 0 aliphatic carbocycles. The fourth-order valence-corrected chi connectivity index (χ4v) is 3.70. The van der Waals surface area contributed by atoms with Crippen molar-refractivity contribution in [3.63, 3.8) is 0 Å². The monoisotopic (exact) mass is 455 g/mol. The number of nitrogens with zero attached hydrogens (tertiary/aromatic N) is 7. The maximum Gasteiger partial charge on any atom is 0.357 e. The predicted molar refractivity (Wildman–Crippen MR) is 125 cm³/mol. The number of hydrogen-bond donors (Lipinski definition) is 0. The first kappa shape index (κ1) is 22.4. The summed E-state index contributed by atoms with van der Waals surface area (Å²) in [4.78, 5) is 29.5. The molecule has 0 spiro atoms. The quantitative estimate of drug-likeness (QED) is 0.314. The number of carbonyl (C=O) groups excluding carboxylic acids is 2. The van der Waals surface area contributed by atoms with Gasteiger partial charge < -0.3 is 14.5 Å². The Balaban J connectivity index is 1.58. The van der Waals surface area contributed by atoms with Crippen LogP contribution in [0, 0.1) is 18.3 Å². The third kappa shape index (κ3) is 4.14. The SMILES string of the molecule is Cc1nnnn1C(=Cc1ccccc1)C(=O)OCC(=O)C(C#N)=C1N(C)c2ccccc2N1C. The maximum absolute atomic E-state index is 13.0. The number of ketones is 1. The molecule has 0 saturated heterocycles. The van der Waals surface area contributed by atoms with Gasteiger partial charge in [-0.3, -0.25) is 4.79 Å². The summed E-state index contributed by atoms with van der Waals surface area (Å²) in [7, 11) is 3.55. The number of nitriles is 1. The minimum Gasteiger partial charge on any atom is -0.453 e. The molecule has 34 heavy (non-hydrogen) atoms. The average molecular weight is 455 g/mol. The lowest BCUT2D eigenvalue weighted by atomic mass is 10.2. The molecule has 1 aliphatic heterocycles. The van der Waals surface area contributed by atoms with Crippen molar-refractivity contribution in [1.82, 2.24) is 20.2 Å². The first-order valence-corrected chi connectivity index (χ1v) is 10.4. The molecule has 10 nitrogen and oxygen atoms in total. The molecule has 10 heteroatoms. The fraction of sp³-hybridized carbons (Fsp3) is 0.167. The van der Waals surface area contributed by atoms with Crippen LogP contribution in [-0.4, -0.2) is 52.7 Å². The Bertz CT molecular complexity index is 1320. The lowest BCUT2D eigenvalue weighted by molar-refractivity contribution is -0.141. The normalized spacial score (nSPS) is 12.9. The van der Waals surface area contributed by atoms with Gasteiger partial charge in [-0.1, -0.05) is 42.5 Å². The molecule has 0 atom stereocenters. The molecule has 0 N–H and O–H groups in total. The summed E-state index contributed by atoms with van der Waals surface area (Å²) in [6, 6.07) is 18.6. The van der Waals surface area contributed by atoms with E-state index in [0.29, 0.717) is 11.6 Å². The number of aryl methyl sites for hydroxylation is 1. The predicted octanol–water partition coefficient (Wildman–Crippen LogP) is 2.41. The number of rotatable bonds is 6. The molecule has 2 aromatic carbocycles. The smallest absolute Gasteiger partial charge is 0.357 e. The Morgan fingerprint density at radius 1 is 1.03 bits per heavy atom. The van der Waals surface area contributed by atoms with Crippen molar-refractivity contribution in [2.75, 3.05) is 30.5 Å². The second-order valence-corrected chi connectivity index (χ2v) is 7.49. The number of carbonyl (C=O) groups is 2. The van der Waals surface area contributed by atoms with Crippen molar-refractivity contribution >= 4 is 34.9 Å². The zero-order valence-corrected chi connectivity index (χ0v) is 18.8. The van der Waals surface area contributed by atoms with Crippen LogP contribution in [0.4, 0.5) is 11.4 Å². The Labute approximate surface area is 196 Å². The van der Waals surface area contributed by atoms with Gasteiger partial charge in [-0.05, 0) is 41.1 Å². The van der Waals surface area contributed by atoms with E-state index in [0.717, 1.165) is 16.9 Å². The van der Waals surface area contributed by atoms with Crippen LogP contribution in [0.1, 0.15) is 11.4 Å². The van der Waals surface area contributed by atoms with Gasteiger partial charge in [0.25, 0.3) is 0 Å². The van der Waals surface area contributed by atoms with E-state index in [9.17, 15) is 14.9 Å². The van der Waals surface area contributed by atoms with E-state index < -0.39 is 18.4 Å². The highest BCUT2D eigenvalue weighted by Gasteiger charge is 2.31. The number of benzene rings is 2. The van der Waals surface area contributed by atoms with Crippen molar-refractivity contribution in [2.45, 2.75) is 6.92 Å². The minimum atomic E-state index is -0.800. The van der Waals surface area contributed by atoms with Gasteiger partial charge in [0.15, 0.2) is 18.1 Å². The van der Waals surface area contributed by atoms with E-state index in [-0.39, 0.29) is 11.3 Å². The lowest BCUT2D eigenvalue weighted by Gasteiger charge is -2.19. The topological polar surface area (TPSA) is 117 Å². The average Bonchev–Trinajstić information content (AvgIpc) is 3.39. The summed E-state index contributed by atoms with van der Waals surface area (Å²) in [6.07, 6.45) is 1.56. The van der Waals surface area contributed by atoms with Crippen molar-refractivity contribution in [1.29, 1.82) is 5.26 Å². The van der Waals surface area contributed by atoms with Gasteiger partial charge in [0, 0.05) is 14.1 Å². The summed E-state index contributed by atoms with van der Waals surface area (Å²) >= 11 is 0. The number of fused-ring (bicyclic) bond motifs is 1. The zero-order valence-electron chi connectivity index (χ0n) is 18.8. The number of aromatic nitrogens is 4. The highest BCUT2D eigenvalue weighted by molar-refractivity contribution is 6.16. The summed E-state index contributed by atoms with van der Waals surface area (Å²) in [5, 5.41) is 21.0. The molecular weight excluding hydrogens is 434 g/mol. The summed E-state index contributed by atoms with van der Waals surface area (Å²) in [5.74, 6) is -0.630. The molecule has 2 heterocycles. The fourth-order valence-electron chi connectivity index (χ4n) is 3.70. The number of para-hydroxylation sites is 2. The van der Waals surface area contributed by atoms with E-state index in [2.05, 4.69) is 15.5 Å². The standard InChI is InChI=1S/C24H21N7O3/c1-16-26-27-28-31(16)21(13-17-9-5-4-6-10-17)24(33)34-15-22(32)18(14-25)23-29(2)19-11-7-8-12-20(19)30(23)3/h4-13H,15H2,1-3H3. The van der Waals surface area contributed by atoms with Gasteiger partial charge >= 0.3 is 5.97 Å². The molecule has 170 valence electrons. The molecule has 0 fully saturated rings. The van der Waals surface area contributed by atoms with Gasteiger partial charge in [-0.15, -0.1) is 5.10 Å². The highest BCUT2D eigenvalue weighted by atomic mass is 16.5. The highest BCUT2D eigenvalue weighted by Crippen LogP contribution is 2.40. The summed E-state index contributed by atoms with van der Waals surface area (Å²) in [6.45, 7) is 1.02. The van der Waals surface area contributed by atoms with Gasteiger partial charge in [0.05, 0.1) is 11.4 Å². The van der Waals surface area contributed by atoms with Gasteiger partial charge in [-0.25, -0.2) is 4.79 Å². The van der Waals surface area contributed by atoms with Gasteiger partial charge in [0.2, 0.25) is 5.78 Å². The first-order valence-electron chi connectivity index (χ1n) is 10.4. The Morgan fingerprint density at radius 3 is 2.21 bits per heavy atom. The first-order chi connectivity index (χ1) is 16.4. The molecule has 0 bridgehead atoms. The number of anilines is 2. The van der Waals surface area contributed by atoms with Crippen LogP contribution < -0.4 is 9.80 Å². The van der Waals surface area contributed by atoms with E-state index >= 15 is 0 Å². The maximum atomic E-state index is 13.0. The van der Waals surface area contributed by atoms with Crippen LogP contribution in [-0.2, 0) is 14.3 Å². The van der Waals surface area contributed by atoms with Crippen LogP contribution in [0.5, 0.6) is 0 Å². The number of ether oxygens (including phenoxy) is 1. The zero-order chi connectivity index (χ0) is 24.2. The second kappa shape index (κ2) is 9.38. The van der Waals surface area contributed by atoms with E-state index in [1.165, 1.54) is 4.68 Å². The summed E-state index contributed by atoms with van der Waals surface area (Å²) in [5.41, 5.74) is 2.37. The Hall–Kier alpha value is -4.78. The molecule has 4 rings (SSSR count). The number of Topliss-reactive ketones (excluding diaryl/α,β-unsaturated/α-hetero) is 1. The van der Waals surface area contributed by atoms with Crippen LogP contribution >= 0.6 is 0 Å². The lowest BCUT2D eigenvalue weighted by Crippen LogP contribution is -2.28. The van der Waals surface area contributed by atoms with Crippen molar-refractivity contribution in [3.05, 3.63) is 77.4 Å². The van der Waals surface area contributed by atoms with Gasteiger partial charge in [-0.2, -0.15) is 9.94 Å². The van der Waals surface area contributed by atoms with Crippen molar-refractivity contribution in [3.8, 4) is 6.07 Å². The minimum absolute atomic E-state index is 0.0372.